The quantitative estimate of drug-likeness (QED) is 0.676. The molecular formula is C24H25N5O. The fourth-order valence-electron chi connectivity index (χ4n) is 4.42. The predicted octanol–water partition coefficient (Wildman–Crippen LogP) is 3.39. The van der Waals surface area contributed by atoms with Crippen LogP contribution in [0.4, 0.5) is 17.3 Å². The average molecular weight is 399 g/mol. The van der Waals surface area contributed by atoms with Crippen LogP contribution in [0.25, 0.3) is 0 Å². The van der Waals surface area contributed by atoms with Gasteiger partial charge in [-0.3, -0.25) is 4.79 Å². The monoisotopic (exact) mass is 399 g/mol. The van der Waals surface area contributed by atoms with Crippen LogP contribution in [0.5, 0.6) is 0 Å². The van der Waals surface area contributed by atoms with Gasteiger partial charge in [-0.05, 0) is 49.2 Å². The van der Waals surface area contributed by atoms with Gasteiger partial charge < -0.3 is 14.7 Å². The first kappa shape index (κ1) is 18.6. The van der Waals surface area contributed by atoms with Crippen molar-refractivity contribution in [2.45, 2.75) is 19.4 Å². The first-order valence-corrected chi connectivity index (χ1v) is 10.5. The van der Waals surface area contributed by atoms with Gasteiger partial charge in [-0.1, -0.05) is 24.3 Å². The molecule has 1 amide bonds. The van der Waals surface area contributed by atoms with Gasteiger partial charge in [0.15, 0.2) is 0 Å². The van der Waals surface area contributed by atoms with Crippen molar-refractivity contribution in [1.82, 2.24) is 9.97 Å². The molecule has 0 aliphatic carbocycles. The highest BCUT2D eigenvalue weighted by molar-refractivity contribution is 6.07. The summed E-state index contributed by atoms with van der Waals surface area (Å²) in [6.07, 6.45) is 4.45. The lowest BCUT2D eigenvalue weighted by Gasteiger charge is -2.36. The van der Waals surface area contributed by atoms with Crippen molar-refractivity contribution in [2.75, 3.05) is 40.9 Å². The normalized spacial score (nSPS) is 18.4. The number of rotatable bonds is 3. The summed E-state index contributed by atoms with van der Waals surface area (Å²) in [5.41, 5.74) is 2.88. The molecule has 30 heavy (non-hydrogen) atoms. The summed E-state index contributed by atoms with van der Waals surface area (Å²) in [5, 5.41) is 0. The van der Waals surface area contributed by atoms with Gasteiger partial charge >= 0.3 is 0 Å². The fourth-order valence-corrected chi connectivity index (χ4v) is 4.42. The molecule has 0 saturated carbocycles. The number of hydrogen-bond donors (Lipinski definition) is 0. The highest BCUT2D eigenvalue weighted by Crippen LogP contribution is 2.33. The molecule has 0 spiro atoms. The second-order valence-corrected chi connectivity index (χ2v) is 7.92. The number of carbonyl (C=O) groups excluding carboxylic acids is 1. The molecule has 2 aromatic heterocycles. The van der Waals surface area contributed by atoms with Crippen molar-refractivity contribution in [3.8, 4) is 0 Å². The van der Waals surface area contributed by atoms with Crippen LogP contribution in [-0.2, 0) is 6.42 Å². The predicted molar refractivity (Wildman–Crippen MR) is 119 cm³/mol. The molecule has 0 bridgehead atoms. The molecular weight excluding hydrogens is 374 g/mol. The second-order valence-electron chi connectivity index (χ2n) is 7.92. The van der Waals surface area contributed by atoms with Crippen molar-refractivity contribution in [3.05, 3.63) is 78.1 Å². The zero-order valence-corrected chi connectivity index (χ0v) is 17.1. The molecule has 152 valence electrons. The van der Waals surface area contributed by atoms with E-state index in [-0.39, 0.29) is 11.9 Å². The van der Waals surface area contributed by atoms with Gasteiger partial charge in [0, 0.05) is 50.3 Å². The van der Waals surface area contributed by atoms with Crippen molar-refractivity contribution in [2.24, 2.45) is 0 Å². The fraction of sp³-hybridized carbons (Fsp3) is 0.292. The number of anilines is 3. The summed E-state index contributed by atoms with van der Waals surface area (Å²) in [7, 11) is 0. The Morgan fingerprint density at radius 2 is 1.57 bits per heavy atom. The van der Waals surface area contributed by atoms with E-state index in [0.717, 1.165) is 49.9 Å². The van der Waals surface area contributed by atoms with E-state index in [1.54, 1.807) is 6.20 Å². The summed E-state index contributed by atoms with van der Waals surface area (Å²) in [6, 6.07) is 18.2. The number of nitrogens with zero attached hydrogens (tertiary/aromatic N) is 5. The Morgan fingerprint density at radius 3 is 2.23 bits per heavy atom. The molecule has 1 unspecified atom stereocenters. The van der Waals surface area contributed by atoms with Gasteiger partial charge in [0.05, 0.1) is 5.56 Å². The third kappa shape index (κ3) is 3.38. The number of piperazine rings is 1. The summed E-state index contributed by atoms with van der Waals surface area (Å²) in [6.45, 7) is 5.67. The van der Waals surface area contributed by atoms with Crippen LogP contribution in [-0.4, -0.2) is 48.1 Å². The maximum absolute atomic E-state index is 13.2. The minimum atomic E-state index is 0.0199. The van der Waals surface area contributed by atoms with E-state index in [1.807, 2.05) is 59.6 Å². The van der Waals surface area contributed by atoms with E-state index < -0.39 is 0 Å². The van der Waals surface area contributed by atoms with E-state index in [1.165, 1.54) is 5.56 Å². The minimum Gasteiger partial charge on any atom is -0.353 e. The molecule has 6 heteroatoms. The van der Waals surface area contributed by atoms with E-state index in [4.69, 9.17) is 0 Å². The molecule has 2 aliphatic rings. The highest BCUT2D eigenvalue weighted by atomic mass is 16.2. The number of hydrogen-bond acceptors (Lipinski definition) is 5. The molecule has 1 aromatic carbocycles. The minimum absolute atomic E-state index is 0.0199. The zero-order valence-electron chi connectivity index (χ0n) is 17.1. The molecule has 6 nitrogen and oxygen atoms in total. The molecule has 1 fully saturated rings. The van der Waals surface area contributed by atoms with Crippen LogP contribution in [0, 0.1) is 0 Å². The van der Waals surface area contributed by atoms with E-state index in [0.29, 0.717) is 5.56 Å². The second kappa shape index (κ2) is 7.78. The Morgan fingerprint density at radius 1 is 0.867 bits per heavy atom. The molecule has 4 heterocycles. The third-order valence-electron chi connectivity index (χ3n) is 6.00. The molecule has 0 radical (unpaired) electrons. The maximum Gasteiger partial charge on any atom is 0.260 e. The standard InChI is InChI=1S/C24H25N5O/c1-18-16-19-6-2-3-7-21(19)29(18)24(30)20-9-10-23(26-17-20)28-14-12-27(13-15-28)22-8-4-5-11-25-22/h2-11,17-18H,12-16H2,1H3. The highest BCUT2D eigenvalue weighted by Gasteiger charge is 2.31. The Hall–Kier alpha value is -3.41. The van der Waals surface area contributed by atoms with Gasteiger partial charge in [-0.15, -0.1) is 0 Å². The van der Waals surface area contributed by atoms with E-state index >= 15 is 0 Å². The Kier molecular flexibility index (Phi) is 4.83. The van der Waals surface area contributed by atoms with Crippen molar-refractivity contribution in [3.63, 3.8) is 0 Å². The number of carbonyl (C=O) groups is 1. The lowest BCUT2D eigenvalue weighted by Crippen LogP contribution is -2.47. The van der Waals surface area contributed by atoms with Crippen molar-refractivity contribution >= 4 is 23.2 Å². The molecule has 1 saturated heterocycles. The van der Waals surface area contributed by atoms with Gasteiger partial charge in [-0.2, -0.15) is 0 Å². The lowest BCUT2D eigenvalue weighted by atomic mass is 10.1. The first-order chi connectivity index (χ1) is 14.7. The number of para-hydroxylation sites is 1. The van der Waals surface area contributed by atoms with Crippen LogP contribution in [0.1, 0.15) is 22.8 Å². The van der Waals surface area contributed by atoms with Crippen LogP contribution < -0.4 is 14.7 Å². The van der Waals surface area contributed by atoms with Crippen LogP contribution in [0.2, 0.25) is 0 Å². The first-order valence-electron chi connectivity index (χ1n) is 10.5. The van der Waals surface area contributed by atoms with Crippen molar-refractivity contribution in [1.29, 1.82) is 0 Å². The number of amides is 1. The van der Waals surface area contributed by atoms with Crippen molar-refractivity contribution < 1.29 is 4.79 Å². The molecule has 3 aromatic rings. The molecule has 0 N–H and O–H groups in total. The molecule has 1 atom stereocenters. The number of benzene rings is 1. The number of fused-ring (bicyclic) bond motifs is 1. The Balaban J connectivity index is 1.27. The zero-order chi connectivity index (χ0) is 20.5. The summed E-state index contributed by atoms with van der Waals surface area (Å²) in [4.78, 5) is 28.7. The molecule has 5 rings (SSSR count). The third-order valence-corrected chi connectivity index (χ3v) is 6.00. The summed E-state index contributed by atoms with van der Waals surface area (Å²) in [5.74, 6) is 1.96. The smallest absolute Gasteiger partial charge is 0.260 e. The maximum atomic E-state index is 13.2. The van der Waals surface area contributed by atoms with Gasteiger partial charge in [-0.25, -0.2) is 9.97 Å². The SMILES string of the molecule is CC1Cc2ccccc2N1C(=O)c1ccc(N2CCN(c3ccccn3)CC2)nc1. The number of aromatic nitrogens is 2. The van der Waals surface area contributed by atoms with E-state index in [2.05, 4.69) is 32.8 Å². The molecule has 2 aliphatic heterocycles. The van der Waals surface area contributed by atoms with Crippen LogP contribution in [0.15, 0.2) is 67.0 Å². The van der Waals surface area contributed by atoms with Gasteiger partial charge in [0.25, 0.3) is 5.91 Å². The Bertz CT molecular complexity index is 1030. The van der Waals surface area contributed by atoms with Crippen LogP contribution >= 0.6 is 0 Å². The average Bonchev–Trinajstić information content (AvgIpc) is 3.15. The van der Waals surface area contributed by atoms with E-state index in [9.17, 15) is 4.79 Å². The van der Waals surface area contributed by atoms with Gasteiger partial charge in [0.2, 0.25) is 0 Å². The lowest BCUT2D eigenvalue weighted by molar-refractivity contribution is 0.0981. The topological polar surface area (TPSA) is 52.6 Å². The summed E-state index contributed by atoms with van der Waals surface area (Å²) >= 11 is 0. The number of pyridine rings is 2. The Labute approximate surface area is 176 Å². The van der Waals surface area contributed by atoms with Crippen LogP contribution in [0.3, 0.4) is 0 Å². The summed E-state index contributed by atoms with van der Waals surface area (Å²) < 4.78 is 0. The largest absolute Gasteiger partial charge is 0.353 e. The van der Waals surface area contributed by atoms with Gasteiger partial charge in [0.1, 0.15) is 11.6 Å².